The second-order valence-corrected chi connectivity index (χ2v) is 7.54. The quantitative estimate of drug-likeness (QED) is 0.752. The first-order valence-electron chi connectivity index (χ1n) is 9.43. The van der Waals surface area contributed by atoms with Crippen LogP contribution in [0.15, 0.2) is 18.3 Å². The van der Waals surface area contributed by atoms with Crippen LogP contribution in [-0.4, -0.2) is 29.1 Å². The van der Waals surface area contributed by atoms with E-state index in [9.17, 15) is 4.79 Å². The van der Waals surface area contributed by atoms with E-state index in [0.717, 1.165) is 37.3 Å². The maximum absolute atomic E-state index is 12.2. The van der Waals surface area contributed by atoms with E-state index in [-0.39, 0.29) is 6.03 Å². The Labute approximate surface area is 159 Å². The SMILES string of the molecule is CCN(CC)c1ccc(CNC(=O)Nc2nc3c(s2)CCCCC3)cn1. The first-order valence-corrected chi connectivity index (χ1v) is 10.2. The van der Waals surface area contributed by atoms with Crippen molar-refractivity contribution in [2.75, 3.05) is 23.3 Å². The fourth-order valence-electron chi connectivity index (χ4n) is 3.16. The molecule has 2 aromatic heterocycles. The van der Waals surface area contributed by atoms with Crippen LogP contribution in [0.2, 0.25) is 0 Å². The van der Waals surface area contributed by atoms with Crippen molar-refractivity contribution in [3.63, 3.8) is 0 Å². The van der Waals surface area contributed by atoms with Crippen molar-refractivity contribution in [1.82, 2.24) is 15.3 Å². The number of carbonyl (C=O) groups is 1. The Balaban J connectivity index is 1.51. The lowest BCUT2D eigenvalue weighted by atomic mass is 10.2. The van der Waals surface area contributed by atoms with Crippen molar-refractivity contribution in [3.05, 3.63) is 34.5 Å². The number of anilines is 2. The van der Waals surface area contributed by atoms with Gasteiger partial charge in [0.15, 0.2) is 5.13 Å². The molecule has 2 heterocycles. The molecule has 0 fully saturated rings. The monoisotopic (exact) mass is 373 g/mol. The van der Waals surface area contributed by atoms with Crippen LogP contribution in [0.25, 0.3) is 0 Å². The lowest BCUT2D eigenvalue weighted by Crippen LogP contribution is -2.28. The average Bonchev–Trinajstić information content (AvgIpc) is 2.90. The third-order valence-electron chi connectivity index (χ3n) is 4.67. The third-order valence-corrected chi connectivity index (χ3v) is 5.74. The number of nitrogens with zero attached hydrogens (tertiary/aromatic N) is 3. The molecule has 26 heavy (non-hydrogen) atoms. The first-order chi connectivity index (χ1) is 12.7. The van der Waals surface area contributed by atoms with Gasteiger partial charge >= 0.3 is 6.03 Å². The van der Waals surface area contributed by atoms with E-state index in [1.54, 1.807) is 11.3 Å². The second-order valence-electron chi connectivity index (χ2n) is 6.45. The van der Waals surface area contributed by atoms with Gasteiger partial charge in [-0.2, -0.15) is 0 Å². The van der Waals surface area contributed by atoms with Crippen LogP contribution in [0, 0.1) is 0 Å². The van der Waals surface area contributed by atoms with Gasteiger partial charge in [0.1, 0.15) is 5.82 Å². The molecule has 1 aliphatic rings. The minimum atomic E-state index is -0.221. The molecule has 7 heteroatoms. The van der Waals surface area contributed by atoms with Crippen molar-refractivity contribution in [2.45, 2.75) is 52.5 Å². The summed E-state index contributed by atoms with van der Waals surface area (Å²) in [5, 5.41) is 6.44. The minimum absolute atomic E-state index is 0.221. The summed E-state index contributed by atoms with van der Waals surface area (Å²) in [7, 11) is 0. The number of hydrogen-bond acceptors (Lipinski definition) is 5. The Hall–Kier alpha value is -2.15. The van der Waals surface area contributed by atoms with Crippen LogP contribution in [0.1, 0.15) is 49.2 Å². The number of thiazole rings is 1. The number of aromatic nitrogens is 2. The molecule has 2 N–H and O–H groups in total. The van der Waals surface area contributed by atoms with Crippen molar-refractivity contribution >= 4 is 28.3 Å². The van der Waals surface area contributed by atoms with Crippen molar-refractivity contribution < 1.29 is 4.79 Å². The second kappa shape index (κ2) is 8.98. The molecule has 3 rings (SSSR count). The summed E-state index contributed by atoms with van der Waals surface area (Å²) in [6.07, 6.45) is 7.61. The Bertz CT molecular complexity index is 701. The fourth-order valence-corrected chi connectivity index (χ4v) is 4.21. The van der Waals surface area contributed by atoms with Crippen LogP contribution in [0.4, 0.5) is 15.7 Å². The number of hydrogen-bond donors (Lipinski definition) is 2. The molecule has 0 spiro atoms. The molecular weight excluding hydrogens is 346 g/mol. The molecule has 140 valence electrons. The molecular formula is C19H27N5OS. The Morgan fingerprint density at radius 2 is 2.00 bits per heavy atom. The third kappa shape index (κ3) is 4.72. The number of nitrogens with one attached hydrogen (secondary N) is 2. The minimum Gasteiger partial charge on any atom is -0.357 e. The van der Waals surface area contributed by atoms with E-state index in [0.29, 0.717) is 11.7 Å². The molecule has 0 saturated carbocycles. The van der Waals surface area contributed by atoms with Crippen LogP contribution < -0.4 is 15.5 Å². The molecule has 0 radical (unpaired) electrons. The van der Waals surface area contributed by atoms with E-state index in [4.69, 9.17) is 0 Å². The highest BCUT2D eigenvalue weighted by Gasteiger charge is 2.15. The predicted molar refractivity (Wildman–Crippen MR) is 107 cm³/mol. The van der Waals surface area contributed by atoms with Crippen LogP contribution in [0.5, 0.6) is 0 Å². The lowest BCUT2D eigenvalue weighted by Gasteiger charge is -2.19. The predicted octanol–water partition coefficient (Wildman–Crippen LogP) is 3.97. The van der Waals surface area contributed by atoms with Crippen molar-refractivity contribution in [3.8, 4) is 0 Å². The zero-order chi connectivity index (χ0) is 18.4. The number of aryl methyl sites for hydroxylation is 2. The van der Waals surface area contributed by atoms with Gasteiger partial charge in [-0.3, -0.25) is 5.32 Å². The van der Waals surface area contributed by atoms with Gasteiger partial charge in [0.2, 0.25) is 0 Å². The largest absolute Gasteiger partial charge is 0.357 e. The highest BCUT2D eigenvalue weighted by molar-refractivity contribution is 7.15. The van der Waals surface area contributed by atoms with Crippen LogP contribution in [-0.2, 0) is 19.4 Å². The zero-order valence-electron chi connectivity index (χ0n) is 15.5. The van der Waals surface area contributed by atoms with E-state index in [1.807, 2.05) is 18.3 Å². The van der Waals surface area contributed by atoms with Gasteiger partial charge in [0.25, 0.3) is 0 Å². The van der Waals surface area contributed by atoms with Gasteiger partial charge in [-0.1, -0.05) is 12.5 Å². The number of rotatable bonds is 6. The Morgan fingerprint density at radius 1 is 1.19 bits per heavy atom. The molecule has 0 saturated heterocycles. The highest BCUT2D eigenvalue weighted by Crippen LogP contribution is 2.28. The van der Waals surface area contributed by atoms with Gasteiger partial charge in [0, 0.05) is 30.7 Å². The number of urea groups is 1. The van der Waals surface area contributed by atoms with E-state index in [1.165, 1.54) is 29.8 Å². The molecule has 0 unspecified atom stereocenters. The molecule has 0 atom stereocenters. The number of amides is 2. The molecule has 0 aliphatic heterocycles. The van der Waals surface area contributed by atoms with Crippen LogP contribution >= 0.6 is 11.3 Å². The Kier molecular flexibility index (Phi) is 6.44. The summed E-state index contributed by atoms with van der Waals surface area (Å²) in [5.41, 5.74) is 2.14. The maximum Gasteiger partial charge on any atom is 0.321 e. The van der Waals surface area contributed by atoms with Gasteiger partial charge in [-0.05, 0) is 51.2 Å². The van der Waals surface area contributed by atoms with Crippen LogP contribution in [0.3, 0.4) is 0 Å². The highest BCUT2D eigenvalue weighted by atomic mass is 32.1. The molecule has 6 nitrogen and oxygen atoms in total. The summed E-state index contributed by atoms with van der Waals surface area (Å²) in [6, 6.07) is 3.79. The number of carbonyl (C=O) groups excluding carboxylic acids is 1. The normalized spacial score (nSPS) is 13.6. The molecule has 2 amide bonds. The molecule has 0 bridgehead atoms. The smallest absolute Gasteiger partial charge is 0.321 e. The molecule has 2 aromatic rings. The van der Waals surface area contributed by atoms with E-state index >= 15 is 0 Å². The summed E-state index contributed by atoms with van der Waals surface area (Å²) >= 11 is 1.61. The Morgan fingerprint density at radius 3 is 2.73 bits per heavy atom. The van der Waals surface area contributed by atoms with Gasteiger partial charge in [-0.25, -0.2) is 14.8 Å². The maximum atomic E-state index is 12.2. The standard InChI is InChI=1S/C19H27N5OS/c1-3-24(4-2)17-11-10-14(12-20-17)13-21-18(25)23-19-22-15-8-6-5-7-9-16(15)26-19/h10-12H,3-9,13H2,1-2H3,(H2,21,22,23,25). The lowest BCUT2D eigenvalue weighted by molar-refractivity contribution is 0.251. The van der Waals surface area contributed by atoms with Gasteiger partial charge in [0.05, 0.1) is 5.69 Å². The first kappa shape index (κ1) is 18.6. The zero-order valence-corrected chi connectivity index (χ0v) is 16.4. The number of fused-ring (bicyclic) bond motifs is 1. The summed E-state index contributed by atoms with van der Waals surface area (Å²) in [5.74, 6) is 0.965. The average molecular weight is 374 g/mol. The molecule has 1 aliphatic carbocycles. The van der Waals surface area contributed by atoms with Gasteiger partial charge in [-0.15, -0.1) is 11.3 Å². The number of pyridine rings is 1. The molecule has 0 aromatic carbocycles. The van der Waals surface area contributed by atoms with E-state index in [2.05, 4.69) is 39.3 Å². The van der Waals surface area contributed by atoms with Gasteiger partial charge < -0.3 is 10.2 Å². The van der Waals surface area contributed by atoms with E-state index < -0.39 is 0 Å². The van der Waals surface area contributed by atoms with Crippen molar-refractivity contribution in [1.29, 1.82) is 0 Å². The summed E-state index contributed by atoms with van der Waals surface area (Å²) < 4.78 is 0. The fraction of sp³-hybridized carbons (Fsp3) is 0.526. The topological polar surface area (TPSA) is 70.2 Å². The summed E-state index contributed by atoms with van der Waals surface area (Å²) in [6.45, 7) is 6.54. The van der Waals surface area contributed by atoms with Crippen molar-refractivity contribution in [2.24, 2.45) is 0 Å². The summed E-state index contributed by atoms with van der Waals surface area (Å²) in [4.78, 5) is 24.7.